The molecule has 1 rings (SSSR count). The predicted molar refractivity (Wildman–Crippen MR) is 76.3 cm³/mol. The molecule has 18 heavy (non-hydrogen) atoms. The van der Waals surface area contributed by atoms with Gasteiger partial charge < -0.3 is 17.3 Å². The molecule has 0 bridgehead atoms. The Bertz CT molecular complexity index is 300. The Kier molecular flexibility index (Phi) is 9.92. The van der Waals surface area contributed by atoms with Crippen molar-refractivity contribution in [3.05, 3.63) is 49.1 Å². The maximum absolute atomic E-state index is 9.75. The van der Waals surface area contributed by atoms with Crippen molar-refractivity contribution in [1.82, 2.24) is 0 Å². The number of benzene rings is 1. The van der Waals surface area contributed by atoms with Crippen LogP contribution in [0.15, 0.2) is 43.5 Å². The molecule has 0 saturated heterocycles. The summed E-state index contributed by atoms with van der Waals surface area (Å²) in [5.41, 5.74) is 1.48. The fourth-order valence-electron chi connectivity index (χ4n) is 1.13. The summed E-state index contributed by atoms with van der Waals surface area (Å²) in [7, 11) is -6.64. The zero-order valence-electron chi connectivity index (χ0n) is 11.0. The monoisotopic (exact) mass is 282 g/mol. The summed E-state index contributed by atoms with van der Waals surface area (Å²) in [6, 6.07) is 10.7. The van der Waals surface area contributed by atoms with Gasteiger partial charge in [0.1, 0.15) is 0 Å². The highest BCUT2D eigenvalue weighted by Gasteiger charge is 2.20. The summed E-state index contributed by atoms with van der Waals surface area (Å²) in [5.74, 6) is 0. The fraction of sp³-hybridized carbons (Fsp3) is 0.333. The van der Waals surface area contributed by atoms with E-state index in [1.165, 1.54) is 11.7 Å². The first-order valence-corrected chi connectivity index (χ1v) is 8.61. The maximum Gasteiger partial charge on any atom is 0.673 e. The van der Waals surface area contributed by atoms with E-state index in [0.717, 1.165) is 0 Å². The standard InChI is InChI=1S/C10H16P.C2H4.BF4/c1-11(2,3)9-10-7-5-4-6-8-10;1-2;2-1(3,4)5/h4-8H,9H2,1-3H3;1-2H2;/q+1;;-1. The van der Waals surface area contributed by atoms with Gasteiger partial charge in [-0.05, 0) is 5.56 Å². The molecule has 0 unspecified atom stereocenters. The van der Waals surface area contributed by atoms with E-state index in [1.54, 1.807) is 0 Å². The molecule has 0 heterocycles. The summed E-state index contributed by atoms with van der Waals surface area (Å²) in [5, 5.41) is 0. The molecule has 0 aliphatic heterocycles. The second-order valence-corrected chi connectivity index (χ2v) is 9.33. The van der Waals surface area contributed by atoms with Crippen molar-refractivity contribution in [3.8, 4) is 0 Å². The van der Waals surface area contributed by atoms with Crippen LogP contribution in [0.1, 0.15) is 5.56 Å². The summed E-state index contributed by atoms with van der Waals surface area (Å²) in [4.78, 5) is 0. The Balaban J connectivity index is 0. The molecular weight excluding hydrogens is 262 g/mol. The number of hydrogen-bond donors (Lipinski definition) is 0. The van der Waals surface area contributed by atoms with E-state index >= 15 is 0 Å². The van der Waals surface area contributed by atoms with Crippen LogP contribution in [-0.2, 0) is 6.16 Å². The zero-order chi connectivity index (χ0) is 14.8. The molecule has 0 aromatic heterocycles. The first-order valence-electron chi connectivity index (χ1n) is 5.29. The van der Waals surface area contributed by atoms with Crippen LogP contribution in [0.4, 0.5) is 17.3 Å². The van der Waals surface area contributed by atoms with E-state index in [0.29, 0.717) is 0 Å². The smallest absolute Gasteiger partial charge is 0.418 e. The first kappa shape index (κ1) is 19.5. The lowest BCUT2D eigenvalue weighted by atomic mass is 10.2. The Labute approximate surface area is 108 Å². The van der Waals surface area contributed by atoms with Crippen molar-refractivity contribution in [2.24, 2.45) is 0 Å². The number of hydrogen-bond acceptors (Lipinski definition) is 0. The molecule has 0 spiro atoms. The lowest BCUT2D eigenvalue weighted by molar-refractivity contribution is 0.368. The van der Waals surface area contributed by atoms with Crippen molar-refractivity contribution in [1.29, 1.82) is 0 Å². The molecule has 1 aromatic carbocycles. The van der Waals surface area contributed by atoms with E-state index in [9.17, 15) is 17.3 Å². The fourth-order valence-corrected chi connectivity index (χ4v) is 2.44. The molecule has 0 aliphatic carbocycles. The lowest BCUT2D eigenvalue weighted by Crippen LogP contribution is -2.02. The number of halogens is 4. The van der Waals surface area contributed by atoms with Gasteiger partial charge in [0.15, 0.2) is 0 Å². The topological polar surface area (TPSA) is 0 Å². The van der Waals surface area contributed by atoms with Crippen LogP contribution in [0.25, 0.3) is 0 Å². The molecule has 6 heteroatoms. The van der Waals surface area contributed by atoms with Gasteiger partial charge in [-0.25, -0.2) is 0 Å². The predicted octanol–water partition coefficient (Wildman–Crippen LogP) is 5.20. The second kappa shape index (κ2) is 9.15. The minimum atomic E-state index is -6.00. The summed E-state index contributed by atoms with van der Waals surface area (Å²) in [6.45, 7) is 13.1. The van der Waals surface area contributed by atoms with Gasteiger partial charge in [0, 0.05) is 27.3 Å². The largest absolute Gasteiger partial charge is 0.673 e. The van der Waals surface area contributed by atoms with Gasteiger partial charge >= 0.3 is 7.25 Å². The third-order valence-corrected chi connectivity index (χ3v) is 2.81. The molecule has 0 radical (unpaired) electrons. The van der Waals surface area contributed by atoms with Crippen LogP contribution in [0.3, 0.4) is 0 Å². The van der Waals surface area contributed by atoms with Crippen LogP contribution in [0, 0.1) is 0 Å². The van der Waals surface area contributed by atoms with Gasteiger partial charge in [0.25, 0.3) is 0 Å². The third kappa shape index (κ3) is 20.6. The highest BCUT2D eigenvalue weighted by atomic mass is 31.2. The number of rotatable bonds is 2. The van der Waals surface area contributed by atoms with Gasteiger partial charge in [-0.2, -0.15) is 0 Å². The molecule has 104 valence electrons. The van der Waals surface area contributed by atoms with Crippen LogP contribution >= 0.6 is 7.26 Å². The molecule has 0 saturated carbocycles. The van der Waals surface area contributed by atoms with E-state index in [2.05, 4.69) is 63.5 Å². The lowest BCUT2D eigenvalue weighted by Gasteiger charge is -2.10. The average Bonchev–Trinajstić information content (AvgIpc) is 2.17. The maximum atomic E-state index is 9.75. The Hall–Kier alpha value is -0.825. The van der Waals surface area contributed by atoms with Crippen molar-refractivity contribution < 1.29 is 17.3 Å². The highest BCUT2D eigenvalue weighted by molar-refractivity contribution is 7.72. The molecule has 0 fully saturated rings. The Morgan fingerprint density at radius 1 is 0.944 bits per heavy atom. The minimum Gasteiger partial charge on any atom is -0.418 e. The third-order valence-electron chi connectivity index (χ3n) is 1.50. The second-order valence-electron chi connectivity index (χ2n) is 4.43. The minimum absolute atomic E-state index is 0.638. The highest BCUT2D eigenvalue weighted by Crippen LogP contribution is 2.49. The van der Waals surface area contributed by atoms with Gasteiger partial charge in [-0.15, -0.1) is 13.2 Å². The molecule has 0 amide bonds. The zero-order valence-corrected chi connectivity index (χ0v) is 11.9. The molecule has 0 aliphatic rings. The molecule has 0 nitrogen and oxygen atoms in total. The van der Waals surface area contributed by atoms with Crippen LogP contribution in [0.2, 0.25) is 0 Å². The molecule has 0 N–H and O–H groups in total. The molecule has 1 aromatic rings. The normalized spacial score (nSPS) is 10.6. The van der Waals surface area contributed by atoms with Crippen molar-refractivity contribution in [2.45, 2.75) is 6.16 Å². The first-order chi connectivity index (χ1) is 8.08. The Morgan fingerprint density at radius 3 is 1.56 bits per heavy atom. The van der Waals surface area contributed by atoms with E-state index in [4.69, 9.17) is 0 Å². The molecule has 0 atom stereocenters. The van der Waals surface area contributed by atoms with Crippen molar-refractivity contribution in [3.63, 3.8) is 0 Å². The summed E-state index contributed by atoms with van der Waals surface area (Å²) >= 11 is 0. The van der Waals surface area contributed by atoms with Crippen LogP contribution in [-0.4, -0.2) is 27.2 Å². The summed E-state index contributed by atoms with van der Waals surface area (Å²) < 4.78 is 39.0. The van der Waals surface area contributed by atoms with Crippen LogP contribution in [0.5, 0.6) is 0 Å². The van der Waals surface area contributed by atoms with E-state index in [1.807, 2.05) is 0 Å². The van der Waals surface area contributed by atoms with Gasteiger partial charge in [0.05, 0.1) is 6.16 Å². The van der Waals surface area contributed by atoms with Gasteiger partial charge in [-0.3, -0.25) is 0 Å². The van der Waals surface area contributed by atoms with E-state index in [-0.39, 0.29) is 0 Å². The SMILES string of the molecule is C=C.C[P+](C)(C)Cc1ccccc1.F[B-](F)(F)F. The quantitative estimate of drug-likeness (QED) is 0.303. The van der Waals surface area contributed by atoms with Crippen molar-refractivity contribution in [2.75, 3.05) is 20.0 Å². The van der Waals surface area contributed by atoms with Crippen LogP contribution < -0.4 is 0 Å². The van der Waals surface area contributed by atoms with Crippen molar-refractivity contribution >= 4 is 14.5 Å². The van der Waals surface area contributed by atoms with Gasteiger partial charge in [0.2, 0.25) is 0 Å². The summed E-state index contributed by atoms with van der Waals surface area (Å²) in [6.07, 6.45) is 1.27. The average molecular weight is 282 g/mol. The molecular formula is C12H20BF4P. The van der Waals surface area contributed by atoms with Gasteiger partial charge in [-0.1, -0.05) is 30.3 Å². The van der Waals surface area contributed by atoms with E-state index < -0.39 is 14.5 Å². The Morgan fingerprint density at radius 2 is 1.28 bits per heavy atom.